The fourth-order valence-electron chi connectivity index (χ4n) is 0.633. The third kappa shape index (κ3) is 1.40. The number of rotatable bonds is 1. The van der Waals surface area contributed by atoms with Crippen LogP contribution >= 0.6 is 16.5 Å². The lowest BCUT2D eigenvalue weighted by molar-refractivity contribution is 1.75. The van der Waals surface area contributed by atoms with Crippen molar-refractivity contribution >= 4 is 24.6 Å². The largest absolute Gasteiger partial charge is 0.0868 e. The van der Waals surface area contributed by atoms with Crippen LogP contribution in [-0.2, 0) is 0 Å². The Morgan fingerprint density at radius 2 is 2.00 bits per heavy atom. The van der Waals surface area contributed by atoms with Crippen LogP contribution in [0.25, 0.3) is 0 Å². The first-order valence-electron chi connectivity index (χ1n) is 2.91. The summed E-state index contributed by atoms with van der Waals surface area (Å²) in [6.07, 6.45) is 0. The van der Waals surface area contributed by atoms with Crippen molar-refractivity contribution in [2.24, 2.45) is 0 Å². The molecule has 0 nitrogen and oxygen atoms in total. The first kappa shape index (κ1) is 6.93. The summed E-state index contributed by atoms with van der Waals surface area (Å²) in [5.74, 6) is 2.50. The molecule has 8 heavy (non-hydrogen) atoms. The topological polar surface area (TPSA) is 0 Å². The van der Waals surface area contributed by atoms with E-state index in [9.17, 15) is 0 Å². The van der Waals surface area contributed by atoms with Gasteiger partial charge in [0.1, 0.15) is 0 Å². The van der Waals surface area contributed by atoms with Crippen molar-refractivity contribution in [3.63, 3.8) is 0 Å². The molecule has 0 aliphatic carbocycles. The Labute approximate surface area is 55.6 Å². The summed E-state index contributed by atoms with van der Waals surface area (Å²) in [6.45, 7) is 7.30. The second-order valence-corrected chi connectivity index (χ2v) is 12.0. The van der Waals surface area contributed by atoms with Crippen LogP contribution < -0.4 is 0 Å². The Morgan fingerprint density at radius 1 is 1.50 bits per heavy atom. The van der Waals surface area contributed by atoms with Crippen LogP contribution in [0.2, 0.25) is 19.6 Å². The van der Waals surface area contributed by atoms with Crippen molar-refractivity contribution in [2.45, 2.75) is 19.6 Å². The van der Waals surface area contributed by atoms with E-state index in [0.29, 0.717) is 0 Å². The molecule has 0 aromatic carbocycles. The molecule has 0 amide bonds. The zero-order valence-corrected chi connectivity index (χ0v) is 8.81. The smallest absolute Gasteiger partial charge is 0.0653 e. The van der Waals surface area contributed by atoms with E-state index in [1.807, 2.05) is 4.94 Å². The molecular formula is C5H13P2Si+. The Kier molecular flexibility index (Phi) is 1.92. The summed E-state index contributed by atoms with van der Waals surface area (Å²) in [4.78, 5) is 1.84. The molecule has 0 aromatic rings. The minimum absolute atomic E-state index is 0.777. The summed E-state index contributed by atoms with van der Waals surface area (Å²) >= 11 is 0. The van der Waals surface area contributed by atoms with E-state index in [1.165, 1.54) is 8.27 Å². The highest BCUT2D eigenvalue weighted by atomic mass is 32.0. The van der Waals surface area contributed by atoms with Gasteiger partial charge in [0, 0.05) is 13.2 Å². The summed E-state index contributed by atoms with van der Waals surface area (Å²) in [6, 6.07) is 0. The van der Waals surface area contributed by atoms with Gasteiger partial charge in [0.25, 0.3) is 0 Å². The second-order valence-electron chi connectivity index (χ2n) is 3.14. The summed E-state index contributed by atoms with van der Waals surface area (Å²) < 4.78 is 0. The normalized spacial score (nSPS) is 25.6. The van der Waals surface area contributed by atoms with Crippen LogP contribution in [0, 0.1) is 0 Å². The molecule has 0 saturated heterocycles. The van der Waals surface area contributed by atoms with Gasteiger partial charge in [-0.25, -0.2) is 0 Å². The van der Waals surface area contributed by atoms with Gasteiger partial charge in [0.15, 0.2) is 0 Å². The highest BCUT2D eigenvalue weighted by molar-refractivity contribution is 8.19. The predicted molar refractivity (Wildman–Crippen MR) is 49.5 cm³/mol. The molecule has 0 aromatic heterocycles. The Morgan fingerprint density at radius 3 is 2.00 bits per heavy atom. The lowest BCUT2D eigenvalue weighted by atomic mass is 11.2. The maximum Gasteiger partial charge on any atom is 0.0868 e. The number of hydrogen-bond acceptors (Lipinski definition) is 0. The summed E-state index contributed by atoms with van der Waals surface area (Å²) in [5.41, 5.74) is 0. The molecule has 0 radical (unpaired) electrons. The van der Waals surface area contributed by atoms with Gasteiger partial charge in [-0.2, -0.15) is 0 Å². The van der Waals surface area contributed by atoms with Crippen LogP contribution in [0.5, 0.6) is 0 Å². The van der Waals surface area contributed by atoms with E-state index in [-0.39, 0.29) is 0 Å². The van der Waals surface area contributed by atoms with E-state index in [2.05, 4.69) is 25.5 Å². The molecule has 0 N–H and O–H groups in total. The third-order valence-corrected chi connectivity index (χ3v) is 10.4. The van der Waals surface area contributed by atoms with Gasteiger partial charge in [-0.15, -0.1) is 0 Å². The highest BCUT2D eigenvalue weighted by Crippen LogP contribution is 2.58. The van der Waals surface area contributed by atoms with Gasteiger partial charge in [-0.3, -0.25) is 0 Å². The molecule has 0 fully saturated rings. The van der Waals surface area contributed by atoms with Crippen LogP contribution in [0.4, 0.5) is 0 Å². The average Bonchev–Trinajstić information content (AvgIpc) is 1.16. The molecule has 1 heterocycles. The molecule has 3 heteroatoms. The van der Waals surface area contributed by atoms with Crippen LogP contribution in [0.1, 0.15) is 0 Å². The lowest BCUT2D eigenvalue weighted by Crippen LogP contribution is -2.21. The van der Waals surface area contributed by atoms with Crippen molar-refractivity contribution in [3.8, 4) is 0 Å². The third-order valence-electron chi connectivity index (χ3n) is 1.30. The zero-order chi connectivity index (χ0) is 6.20. The molecule has 0 saturated carbocycles. The molecular weight excluding hydrogens is 150 g/mol. The molecule has 2 unspecified atom stereocenters. The van der Waals surface area contributed by atoms with Gasteiger partial charge in [-0.05, 0) is 0 Å². The molecule has 2 atom stereocenters. The van der Waals surface area contributed by atoms with Crippen molar-refractivity contribution < 1.29 is 0 Å². The molecule has 1 aliphatic rings. The Bertz CT molecular complexity index is 123. The Balaban J connectivity index is 2.59. The van der Waals surface area contributed by atoms with Crippen LogP contribution in [-0.4, -0.2) is 8.07 Å². The zero-order valence-electron chi connectivity index (χ0n) is 5.65. The van der Waals surface area contributed by atoms with Crippen LogP contribution in [0.3, 0.4) is 0 Å². The van der Waals surface area contributed by atoms with E-state index < -0.39 is 8.07 Å². The van der Waals surface area contributed by atoms with E-state index in [4.69, 9.17) is 0 Å². The maximum absolute atomic E-state index is 2.50. The lowest BCUT2D eigenvalue weighted by Gasteiger charge is -2.20. The second kappa shape index (κ2) is 2.21. The average molecular weight is 163 g/mol. The SMILES string of the molecule is C[Si](C)(C)C1=C[PH2+]P1. The predicted octanol–water partition coefficient (Wildman–Crippen LogP) is 2.72. The Hall–Kier alpha value is 0.817. The monoisotopic (exact) mass is 163 g/mol. The first-order chi connectivity index (χ1) is 3.61. The van der Waals surface area contributed by atoms with E-state index in [1.54, 1.807) is 0 Å². The van der Waals surface area contributed by atoms with Gasteiger partial charge in [-0.1, -0.05) is 19.6 Å². The van der Waals surface area contributed by atoms with E-state index in [0.717, 1.165) is 8.27 Å². The maximum atomic E-state index is 2.50. The molecule has 1 aliphatic heterocycles. The molecule has 1 rings (SSSR count). The summed E-state index contributed by atoms with van der Waals surface area (Å²) in [7, 11) is 1.27. The minimum Gasteiger partial charge on any atom is -0.0653 e. The first-order valence-corrected chi connectivity index (χ1v) is 9.89. The van der Waals surface area contributed by atoms with Crippen molar-refractivity contribution in [2.75, 3.05) is 0 Å². The van der Waals surface area contributed by atoms with Crippen molar-refractivity contribution in [3.05, 3.63) is 10.8 Å². The fourth-order valence-corrected chi connectivity index (χ4v) is 11.1. The van der Waals surface area contributed by atoms with Crippen molar-refractivity contribution in [1.82, 2.24) is 0 Å². The van der Waals surface area contributed by atoms with Gasteiger partial charge in [0.2, 0.25) is 0 Å². The van der Waals surface area contributed by atoms with Crippen LogP contribution in [0.15, 0.2) is 10.8 Å². The van der Waals surface area contributed by atoms with Gasteiger partial charge in [0.05, 0.1) is 22.2 Å². The van der Waals surface area contributed by atoms with Crippen molar-refractivity contribution in [1.29, 1.82) is 0 Å². The van der Waals surface area contributed by atoms with Gasteiger partial charge < -0.3 is 0 Å². The molecule has 46 valence electrons. The highest BCUT2D eigenvalue weighted by Gasteiger charge is 2.27. The summed E-state index contributed by atoms with van der Waals surface area (Å²) in [5, 5.41) is 0. The fraction of sp³-hybridized carbons (Fsp3) is 0.600. The molecule has 0 bridgehead atoms. The quantitative estimate of drug-likeness (QED) is 0.412. The molecule has 0 spiro atoms. The standard InChI is InChI=1S/C5H12P2Si/c1-8(2,3)5-4-6-7-5/h4,6-7H,1-3H3/p+1. The van der Waals surface area contributed by atoms with E-state index >= 15 is 0 Å². The minimum atomic E-state index is -0.780. The number of hydrogen-bond donors (Lipinski definition) is 0. The van der Waals surface area contributed by atoms with Gasteiger partial charge >= 0.3 is 0 Å².